The first-order chi connectivity index (χ1) is 7.65. The fourth-order valence-corrected chi connectivity index (χ4v) is 2.81. The summed E-state index contributed by atoms with van der Waals surface area (Å²) in [6.07, 6.45) is 1.10. The second-order valence-corrected chi connectivity index (χ2v) is 5.62. The average Bonchev–Trinajstić information content (AvgIpc) is 2.57. The van der Waals surface area contributed by atoms with Crippen molar-refractivity contribution < 1.29 is 4.74 Å². The molecule has 0 saturated carbocycles. The fraction of sp³-hybridized carbons (Fsp3) is 0.692. The molecule has 0 aliphatic rings. The van der Waals surface area contributed by atoms with E-state index in [0.29, 0.717) is 6.04 Å². The molecular formula is C13H23NOS. The minimum absolute atomic E-state index is 0.426. The number of thiophene rings is 1. The molecule has 0 spiro atoms. The molecule has 1 aromatic rings. The standard InChI is InChI=1S/C13H23NOS/c1-5-7-15-8-6-14-11(3)13-9-10(2)16-12(13)4/h9,11,14H,5-8H2,1-4H3. The highest BCUT2D eigenvalue weighted by Gasteiger charge is 2.09. The molecule has 0 radical (unpaired) electrons. The quantitative estimate of drug-likeness (QED) is 0.738. The van der Waals surface area contributed by atoms with Gasteiger partial charge in [0.1, 0.15) is 0 Å². The number of rotatable bonds is 7. The summed E-state index contributed by atoms with van der Waals surface area (Å²) in [4.78, 5) is 2.82. The molecule has 0 bridgehead atoms. The Morgan fingerprint density at radius 3 is 2.69 bits per heavy atom. The summed E-state index contributed by atoms with van der Waals surface area (Å²) < 4.78 is 5.44. The maximum Gasteiger partial charge on any atom is 0.0591 e. The van der Waals surface area contributed by atoms with Gasteiger partial charge in [0.2, 0.25) is 0 Å². The fourth-order valence-electron chi connectivity index (χ4n) is 1.78. The van der Waals surface area contributed by atoms with Gasteiger partial charge in [-0.1, -0.05) is 6.92 Å². The van der Waals surface area contributed by atoms with Crippen LogP contribution in [0.15, 0.2) is 6.07 Å². The van der Waals surface area contributed by atoms with Crippen molar-refractivity contribution in [1.82, 2.24) is 5.32 Å². The van der Waals surface area contributed by atoms with Crippen molar-refractivity contribution in [2.75, 3.05) is 19.8 Å². The van der Waals surface area contributed by atoms with E-state index in [0.717, 1.165) is 26.2 Å². The Bertz CT molecular complexity index is 309. The Morgan fingerprint density at radius 2 is 2.12 bits per heavy atom. The molecule has 1 rings (SSSR count). The summed E-state index contributed by atoms with van der Waals surface area (Å²) in [5.41, 5.74) is 1.43. The number of aryl methyl sites for hydroxylation is 2. The lowest BCUT2D eigenvalue weighted by Gasteiger charge is -2.13. The monoisotopic (exact) mass is 241 g/mol. The first-order valence-corrected chi connectivity index (χ1v) is 6.84. The molecule has 1 aromatic heterocycles. The molecule has 1 unspecified atom stereocenters. The van der Waals surface area contributed by atoms with E-state index in [2.05, 4.69) is 39.1 Å². The summed E-state index contributed by atoms with van der Waals surface area (Å²) in [6.45, 7) is 11.3. The zero-order valence-corrected chi connectivity index (χ0v) is 11.6. The molecule has 0 aromatic carbocycles. The van der Waals surface area contributed by atoms with Crippen LogP contribution in [0.4, 0.5) is 0 Å². The predicted molar refractivity (Wildman–Crippen MR) is 71.3 cm³/mol. The highest BCUT2D eigenvalue weighted by Crippen LogP contribution is 2.25. The Hall–Kier alpha value is -0.380. The summed E-state index contributed by atoms with van der Waals surface area (Å²) in [7, 11) is 0. The van der Waals surface area contributed by atoms with Crippen LogP contribution in [0.1, 0.15) is 41.6 Å². The van der Waals surface area contributed by atoms with Crippen molar-refractivity contribution in [1.29, 1.82) is 0 Å². The Morgan fingerprint density at radius 1 is 1.38 bits per heavy atom. The van der Waals surface area contributed by atoms with Gasteiger partial charge in [0.25, 0.3) is 0 Å². The molecule has 92 valence electrons. The zero-order valence-electron chi connectivity index (χ0n) is 10.8. The summed E-state index contributed by atoms with van der Waals surface area (Å²) >= 11 is 1.87. The SMILES string of the molecule is CCCOCCNC(C)c1cc(C)sc1C. The van der Waals surface area contributed by atoms with E-state index < -0.39 is 0 Å². The van der Waals surface area contributed by atoms with Gasteiger partial charge in [-0.15, -0.1) is 11.3 Å². The van der Waals surface area contributed by atoms with Gasteiger partial charge >= 0.3 is 0 Å². The molecule has 16 heavy (non-hydrogen) atoms. The highest BCUT2D eigenvalue weighted by atomic mass is 32.1. The second-order valence-electron chi connectivity index (χ2n) is 4.16. The van der Waals surface area contributed by atoms with Gasteiger partial charge in [0.05, 0.1) is 6.61 Å². The lowest BCUT2D eigenvalue weighted by Crippen LogP contribution is -2.23. The third-order valence-corrected chi connectivity index (χ3v) is 3.57. The summed E-state index contributed by atoms with van der Waals surface area (Å²) in [5, 5.41) is 3.49. The van der Waals surface area contributed by atoms with Crippen molar-refractivity contribution in [3.63, 3.8) is 0 Å². The normalized spacial score (nSPS) is 13.0. The first kappa shape index (κ1) is 13.7. The van der Waals surface area contributed by atoms with Crippen molar-refractivity contribution in [3.05, 3.63) is 21.4 Å². The smallest absolute Gasteiger partial charge is 0.0591 e. The molecule has 3 heteroatoms. The van der Waals surface area contributed by atoms with Crippen LogP contribution in [0, 0.1) is 13.8 Å². The Balaban J connectivity index is 2.29. The van der Waals surface area contributed by atoms with Crippen molar-refractivity contribution >= 4 is 11.3 Å². The maximum atomic E-state index is 5.44. The van der Waals surface area contributed by atoms with Crippen LogP contribution in [-0.4, -0.2) is 19.8 Å². The van der Waals surface area contributed by atoms with E-state index in [-0.39, 0.29) is 0 Å². The average molecular weight is 241 g/mol. The van der Waals surface area contributed by atoms with E-state index in [1.807, 2.05) is 11.3 Å². The van der Waals surface area contributed by atoms with Gasteiger partial charge < -0.3 is 10.1 Å². The molecule has 0 fully saturated rings. The van der Waals surface area contributed by atoms with E-state index >= 15 is 0 Å². The predicted octanol–water partition coefficient (Wildman–Crippen LogP) is 3.44. The Labute approximate surface area is 103 Å². The van der Waals surface area contributed by atoms with Crippen molar-refractivity contribution in [2.45, 2.75) is 40.2 Å². The van der Waals surface area contributed by atoms with E-state index in [1.54, 1.807) is 0 Å². The number of ether oxygens (including phenoxy) is 1. The first-order valence-electron chi connectivity index (χ1n) is 6.03. The van der Waals surface area contributed by atoms with Crippen LogP contribution in [0.2, 0.25) is 0 Å². The molecule has 0 amide bonds. The summed E-state index contributed by atoms with van der Waals surface area (Å²) in [5.74, 6) is 0. The van der Waals surface area contributed by atoms with Crippen molar-refractivity contribution in [2.24, 2.45) is 0 Å². The number of hydrogen-bond donors (Lipinski definition) is 1. The van der Waals surface area contributed by atoms with Gasteiger partial charge in [-0.3, -0.25) is 0 Å². The molecule has 1 heterocycles. The molecule has 0 aliphatic heterocycles. The molecule has 0 saturated heterocycles. The molecule has 0 aliphatic carbocycles. The van der Waals surface area contributed by atoms with Gasteiger partial charge in [-0.05, 0) is 38.8 Å². The topological polar surface area (TPSA) is 21.3 Å². The zero-order chi connectivity index (χ0) is 12.0. The molecular weight excluding hydrogens is 218 g/mol. The van der Waals surface area contributed by atoms with Gasteiger partial charge in [-0.2, -0.15) is 0 Å². The number of nitrogens with one attached hydrogen (secondary N) is 1. The molecule has 1 N–H and O–H groups in total. The van der Waals surface area contributed by atoms with E-state index in [9.17, 15) is 0 Å². The van der Waals surface area contributed by atoms with Crippen LogP contribution in [0.25, 0.3) is 0 Å². The Kier molecular flexibility index (Phi) is 6.03. The van der Waals surface area contributed by atoms with E-state index in [4.69, 9.17) is 4.74 Å². The van der Waals surface area contributed by atoms with Gasteiger partial charge in [0.15, 0.2) is 0 Å². The highest BCUT2D eigenvalue weighted by molar-refractivity contribution is 7.12. The largest absolute Gasteiger partial charge is 0.380 e. The van der Waals surface area contributed by atoms with Crippen LogP contribution >= 0.6 is 11.3 Å². The van der Waals surface area contributed by atoms with Crippen LogP contribution < -0.4 is 5.32 Å². The third kappa shape index (κ3) is 4.24. The van der Waals surface area contributed by atoms with E-state index in [1.165, 1.54) is 15.3 Å². The van der Waals surface area contributed by atoms with Crippen LogP contribution in [0.5, 0.6) is 0 Å². The van der Waals surface area contributed by atoms with Gasteiger partial charge in [-0.25, -0.2) is 0 Å². The summed E-state index contributed by atoms with van der Waals surface area (Å²) in [6, 6.07) is 2.71. The minimum Gasteiger partial charge on any atom is -0.380 e. The van der Waals surface area contributed by atoms with Crippen molar-refractivity contribution in [3.8, 4) is 0 Å². The number of hydrogen-bond acceptors (Lipinski definition) is 3. The van der Waals surface area contributed by atoms with Crippen LogP contribution in [0.3, 0.4) is 0 Å². The molecule has 1 atom stereocenters. The minimum atomic E-state index is 0.426. The van der Waals surface area contributed by atoms with Crippen LogP contribution in [-0.2, 0) is 4.74 Å². The lowest BCUT2D eigenvalue weighted by atomic mass is 10.1. The maximum absolute atomic E-state index is 5.44. The second kappa shape index (κ2) is 7.05. The third-order valence-electron chi connectivity index (χ3n) is 2.59. The molecule has 2 nitrogen and oxygen atoms in total. The van der Waals surface area contributed by atoms with Gasteiger partial charge in [0, 0.05) is 28.9 Å². The lowest BCUT2D eigenvalue weighted by molar-refractivity contribution is 0.135.